The van der Waals surface area contributed by atoms with Crippen molar-refractivity contribution >= 4 is 5.91 Å². The molecule has 1 fully saturated rings. The standard InChI is InChI=1S/C24H31FN2O/c1-26(2)24(28)11-10-19-6-8-20(9-7-19)16-21-12-14-27(15-13-21)18-22-4-3-5-23(25)17-22/h3-9,17,21H,10-16,18H2,1-2H3. The Balaban J connectivity index is 1.42. The number of likely N-dealkylation sites (tertiary alicyclic amines) is 1. The average Bonchev–Trinajstić information content (AvgIpc) is 2.68. The van der Waals surface area contributed by atoms with E-state index in [1.165, 1.54) is 30.0 Å². The predicted molar refractivity (Wildman–Crippen MR) is 112 cm³/mol. The lowest BCUT2D eigenvalue weighted by Gasteiger charge is -2.32. The Morgan fingerprint density at radius 1 is 1.04 bits per heavy atom. The maximum Gasteiger partial charge on any atom is 0.222 e. The molecule has 0 unspecified atom stereocenters. The molecule has 150 valence electrons. The lowest BCUT2D eigenvalue weighted by atomic mass is 9.89. The SMILES string of the molecule is CN(C)C(=O)CCc1ccc(CC2CCN(Cc3cccc(F)c3)CC2)cc1. The zero-order valence-corrected chi connectivity index (χ0v) is 17.0. The maximum atomic E-state index is 13.3. The number of carbonyl (C=O) groups excluding carboxylic acids is 1. The van der Waals surface area contributed by atoms with Crippen molar-refractivity contribution in [3.05, 3.63) is 71.0 Å². The molecule has 28 heavy (non-hydrogen) atoms. The Hall–Kier alpha value is -2.20. The van der Waals surface area contributed by atoms with E-state index in [0.29, 0.717) is 12.3 Å². The first-order valence-corrected chi connectivity index (χ1v) is 10.2. The second kappa shape index (κ2) is 9.83. The quantitative estimate of drug-likeness (QED) is 0.713. The molecule has 2 aromatic carbocycles. The number of nitrogens with zero attached hydrogens (tertiary/aromatic N) is 2. The Labute approximate surface area is 168 Å². The van der Waals surface area contributed by atoms with Crippen LogP contribution in [0, 0.1) is 11.7 Å². The van der Waals surface area contributed by atoms with Crippen molar-refractivity contribution in [2.45, 2.75) is 38.6 Å². The van der Waals surface area contributed by atoms with Gasteiger partial charge in [0.2, 0.25) is 5.91 Å². The first-order chi connectivity index (χ1) is 13.5. The molecule has 3 rings (SSSR count). The summed E-state index contributed by atoms with van der Waals surface area (Å²) in [5.74, 6) is 0.737. The van der Waals surface area contributed by atoms with Gasteiger partial charge in [0.15, 0.2) is 0 Å². The monoisotopic (exact) mass is 382 g/mol. The molecule has 0 bridgehead atoms. The normalized spacial score (nSPS) is 15.5. The van der Waals surface area contributed by atoms with Gasteiger partial charge in [0.05, 0.1) is 0 Å². The van der Waals surface area contributed by atoms with Gasteiger partial charge in [-0.25, -0.2) is 4.39 Å². The largest absolute Gasteiger partial charge is 0.349 e. The van der Waals surface area contributed by atoms with Gasteiger partial charge in [-0.3, -0.25) is 9.69 Å². The number of aryl methyl sites for hydroxylation is 1. The lowest BCUT2D eigenvalue weighted by molar-refractivity contribution is -0.128. The molecule has 0 atom stereocenters. The smallest absolute Gasteiger partial charge is 0.222 e. The zero-order chi connectivity index (χ0) is 19.9. The topological polar surface area (TPSA) is 23.6 Å². The van der Waals surface area contributed by atoms with Gasteiger partial charge in [0.25, 0.3) is 0 Å². The molecular weight excluding hydrogens is 351 g/mol. The van der Waals surface area contributed by atoms with Gasteiger partial charge in [-0.05, 0) is 73.5 Å². The minimum absolute atomic E-state index is 0.151. The summed E-state index contributed by atoms with van der Waals surface area (Å²) in [6, 6.07) is 15.7. The number of rotatable bonds is 7. The summed E-state index contributed by atoms with van der Waals surface area (Å²) < 4.78 is 13.3. The van der Waals surface area contributed by atoms with E-state index in [9.17, 15) is 9.18 Å². The first-order valence-electron chi connectivity index (χ1n) is 10.2. The predicted octanol–water partition coefficient (Wildman–Crippen LogP) is 4.30. The molecule has 0 N–H and O–H groups in total. The molecule has 2 aromatic rings. The first kappa shape index (κ1) is 20.5. The number of hydrogen-bond acceptors (Lipinski definition) is 2. The number of amides is 1. The van der Waals surface area contributed by atoms with E-state index >= 15 is 0 Å². The lowest BCUT2D eigenvalue weighted by Crippen LogP contribution is -2.33. The van der Waals surface area contributed by atoms with Crippen molar-refractivity contribution in [2.75, 3.05) is 27.2 Å². The van der Waals surface area contributed by atoms with E-state index in [0.717, 1.165) is 38.0 Å². The molecule has 1 aliphatic rings. The minimum atomic E-state index is -0.151. The van der Waals surface area contributed by atoms with Crippen LogP contribution in [-0.2, 0) is 24.2 Å². The highest BCUT2D eigenvalue weighted by atomic mass is 19.1. The Morgan fingerprint density at radius 3 is 2.36 bits per heavy atom. The summed E-state index contributed by atoms with van der Waals surface area (Å²) in [5, 5.41) is 0. The molecule has 0 radical (unpaired) electrons. The summed E-state index contributed by atoms with van der Waals surface area (Å²) in [4.78, 5) is 15.8. The highest BCUT2D eigenvalue weighted by Gasteiger charge is 2.19. The summed E-state index contributed by atoms with van der Waals surface area (Å²) in [5.41, 5.74) is 3.66. The second-order valence-electron chi connectivity index (χ2n) is 8.16. The van der Waals surface area contributed by atoms with Crippen LogP contribution >= 0.6 is 0 Å². The Kier molecular flexibility index (Phi) is 7.21. The van der Waals surface area contributed by atoms with Crippen LogP contribution in [0.5, 0.6) is 0 Å². The molecule has 0 spiro atoms. The Morgan fingerprint density at radius 2 is 1.71 bits per heavy atom. The van der Waals surface area contributed by atoms with E-state index in [-0.39, 0.29) is 11.7 Å². The minimum Gasteiger partial charge on any atom is -0.349 e. The summed E-state index contributed by atoms with van der Waals surface area (Å²) >= 11 is 0. The van der Waals surface area contributed by atoms with Crippen LogP contribution in [-0.4, -0.2) is 42.9 Å². The van der Waals surface area contributed by atoms with E-state index in [1.807, 2.05) is 6.07 Å². The van der Waals surface area contributed by atoms with Gasteiger partial charge in [-0.1, -0.05) is 36.4 Å². The van der Waals surface area contributed by atoms with Crippen molar-refractivity contribution in [3.8, 4) is 0 Å². The highest BCUT2D eigenvalue weighted by molar-refractivity contribution is 5.75. The fourth-order valence-corrected chi connectivity index (χ4v) is 3.89. The maximum absolute atomic E-state index is 13.3. The molecule has 0 aromatic heterocycles. The van der Waals surface area contributed by atoms with Gasteiger partial charge in [0.1, 0.15) is 5.82 Å². The van der Waals surface area contributed by atoms with Crippen molar-refractivity contribution < 1.29 is 9.18 Å². The summed E-state index contributed by atoms with van der Waals surface area (Å²) in [7, 11) is 3.60. The van der Waals surface area contributed by atoms with Crippen molar-refractivity contribution in [1.82, 2.24) is 9.80 Å². The number of hydrogen-bond donors (Lipinski definition) is 0. The summed E-state index contributed by atoms with van der Waals surface area (Å²) in [6.07, 6.45) is 4.86. The zero-order valence-electron chi connectivity index (χ0n) is 17.0. The number of piperidine rings is 1. The van der Waals surface area contributed by atoms with Crippen molar-refractivity contribution in [2.24, 2.45) is 5.92 Å². The molecule has 1 aliphatic heterocycles. The average molecular weight is 383 g/mol. The third kappa shape index (κ3) is 6.16. The molecular formula is C24H31FN2O. The number of carbonyl (C=O) groups is 1. The molecule has 1 heterocycles. The fraction of sp³-hybridized carbons (Fsp3) is 0.458. The third-order valence-electron chi connectivity index (χ3n) is 5.68. The van der Waals surface area contributed by atoms with E-state index in [4.69, 9.17) is 0 Å². The molecule has 1 saturated heterocycles. The van der Waals surface area contributed by atoms with Gasteiger partial charge in [-0.15, -0.1) is 0 Å². The van der Waals surface area contributed by atoms with E-state index < -0.39 is 0 Å². The molecule has 4 heteroatoms. The van der Waals surface area contributed by atoms with Crippen LogP contribution in [0.4, 0.5) is 4.39 Å². The van der Waals surface area contributed by atoms with Crippen LogP contribution in [0.25, 0.3) is 0 Å². The summed E-state index contributed by atoms with van der Waals surface area (Å²) in [6.45, 7) is 2.99. The molecule has 0 saturated carbocycles. The van der Waals surface area contributed by atoms with Crippen molar-refractivity contribution in [3.63, 3.8) is 0 Å². The van der Waals surface area contributed by atoms with E-state index in [2.05, 4.69) is 29.2 Å². The Bertz CT molecular complexity index is 764. The number of halogens is 1. The third-order valence-corrected chi connectivity index (χ3v) is 5.68. The van der Waals surface area contributed by atoms with Crippen LogP contribution < -0.4 is 0 Å². The number of benzene rings is 2. The van der Waals surface area contributed by atoms with Gasteiger partial charge >= 0.3 is 0 Å². The van der Waals surface area contributed by atoms with E-state index in [1.54, 1.807) is 31.1 Å². The van der Waals surface area contributed by atoms with Crippen molar-refractivity contribution in [1.29, 1.82) is 0 Å². The van der Waals surface area contributed by atoms with Crippen LogP contribution in [0.15, 0.2) is 48.5 Å². The fourth-order valence-electron chi connectivity index (χ4n) is 3.89. The van der Waals surface area contributed by atoms with Gasteiger partial charge in [-0.2, -0.15) is 0 Å². The van der Waals surface area contributed by atoms with Gasteiger partial charge in [0, 0.05) is 27.1 Å². The highest BCUT2D eigenvalue weighted by Crippen LogP contribution is 2.23. The molecule has 0 aliphatic carbocycles. The van der Waals surface area contributed by atoms with Gasteiger partial charge < -0.3 is 4.90 Å². The van der Waals surface area contributed by atoms with Crippen LogP contribution in [0.2, 0.25) is 0 Å². The molecule has 3 nitrogen and oxygen atoms in total. The van der Waals surface area contributed by atoms with Crippen LogP contribution in [0.1, 0.15) is 36.0 Å². The van der Waals surface area contributed by atoms with Crippen LogP contribution in [0.3, 0.4) is 0 Å². The second-order valence-corrected chi connectivity index (χ2v) is 8.16. The molecule has 1 amide bonds.